The molecule has 8 nitrogen and oxygen atoms in total. The first-order valence-corrected chi connectivity index (χ1v) is 11.7. The van der Waals surface area contributed by atoms with Crippen LogP contribution < -0.4 is 10.6 Å². The smallest absolute Gasteiger partial charge is 0.414 e. The van der Waals surface area contributed by atoms with Crippen LogP contribution in [0, 0.1) is 17.7 Å². The predicted octanol–water partition coefficient (Wildman–Crippen LogP) is 2.72. The Kier molecular flexibility index (Phi) is 4.48. The van der Waals surface area contributed by atoms with Crippen LogP contribution in [-0.2, 0) is 16.7 Å². The van der Waals surface area contributed by atoms with E-state index in [4.69, 9.17) is 10.5 Å². The first kappa shape index (κ1) is 19.7. The molecule has 1 aliphatic carbocycles. The highest BCUT2D eigenvalue weighted by molar-refractivity contribution is 7.99. The number of nitrogens with two attached hydrogens (primary N) is 1. The number of carbonyl (C=O) groups excluding carboxylic acids is 1. The summed E-state index contributed by atoms with van der Waals surface area (Å²) in [6.45, 7) is 0.321. The Morgan fingerprint density at radius 3 is 2.88 bits per heavy atom. The number of nitrogens with zero attached hydrogens (tertiary/aromatic N) is 4. The summed E-state index contributed by atoms with van der Waals surface area (Å²) < 4.78 is 20.8. The molecular weight excluding hydrogens is 431 g/mol. The average molecular weight is 453 g/mol. The maximum atomic E-state index is 15.3. The van der Waals surface area contributed by atoms with E-state index < -0.39 is 17.4 Å². The third-order valence-corrected chi connectivity index (χ3v) is 7.95. The van der Waals surface area contributed by atoms with Crippen molar-refractivity contribution < 1.29 is 13.9 Å². The monoisotopic (exact) mass is 452 g/mol. The largest absolute Gasteiger partial charge is 0.444 e. The van der Waals surface area contributed by atoms with Gasteiger partial charge in [-0.2, -0.15) is 11.8 Å². The van der Waals surface area contributed by atoms with Crippen LogP contribution in [0.3, 0.4) is 0 Å². The minimum atomic E-state index is -0.499. The molecule has 32 heavy (non-hydrogen) atoms. The van der Waals surface area contributed by atoms with Crippen LogP contribution >= 0.6 is 11.8 Å². The van der Waals surface area contributed by atoms with Crippen LogP contribution in [-0.4, -0.2) is 50.6 Å². The number of ether oxygens (including phenoxy) is 1. The van der Waals surface area contributed by atoms with E-state index in [2.05, 4.69) is 20.4 Å². The zero-order valence-corrected chi connectivity index (χ0v) is 17.9. The Hall–Kier alpha value is -2.98. The van der Waals surface area contributed by atoms with Crippen molar-refractivity contribution in [3.63, 3.8) is 0 Å². The topological polar surface area (TPSA) is 110 Å². The number of aromatic amines is 1. The molecule has 164 valence electrons. The molecule has 0 radical (unpaired) electrons. The number of aromatic nitrogens is 4. The number of H-pyrrole nitrogens is 1. The Balaban J connectivity index is 1.27. The predicted molar refractivity (Wildman–Crippen MR) is 118 cm³/mol. The van der Waals surface area contributed by atoms with Gasteiger partial charge in [0.05, 0.1) is 35.4 Å². The highest BCUT2D eigenvalue weighted by atomic mass is 32.2. The number of rotatable bonds is 5. The number of anilines is 1. The van der Waals surface area contributed by atoms with Crippen LogP contribution in [0.4, 0.5) is 14.9 Å². The fourth-order valence-electron chi connectivity index (χ4n) is 5.01. The lowest BCUT2D eigenvalue weighted by molar-refractivity contribution is 0.141. The maximum absolute atomic E-state index is 15.3. The molecule has 2 unspecified atom stereocenters. The van der Waals surface area contributed by atoms with Crippen molar-refractivity contribution in [1.82, 2.24) is 20.4 Å². The molecule has 2 saturated heterocycles. The molecular formula is C22H21FN6O2S. The number of hydrogen-bond donors (Lipinski definition) is 2. The number of amides is 1. The lowest BCUT2D eigenvalue weighted by Gasteiger charge is -2.20. The molecule has 2 aromatic heterocycles. The molecule has 3 aliphatic rings. The van der Waals surface area contributed by atoms with Crippen LogP contribution in [0.2, 0.25) is 0 Å². The molecule has 1 amide bonds. The highest BCUT2D eigenvalue weighted by Gasteiger charge is 2.66. The van der Waals surface area contributed by atoms with Gasteiger partial charge in [0.25, 0.3) is 0 Å². The first-order valence-electron chi connectivity index (χ1n) is 10.5. The van der Waals surface area contributed by atoms with Crippen molar-refractivity contribution in [2.75, 3.05) is 23.0 Å². The van der Waals surface area contributed by atoms with Gasteiger partial charge in [0.2, 0.25) is 0 Å². The van der Waals surface area contributed by atoms with Crippen molar-refractivity contribution in [2.45, 2.75) is 18.1 Å². The van der Waals surface area contributed by atoms with E-state index in [1.54, 1.807) is 30.6 Å². The van der Waals surface area contributed by atoms with Gasteiger partial charge in [-0.15, -0.1) is 5.10 Å². The average Bonchev–Trinajstić information content (AvgIpc) is 3.36. The van der Waals surface area contributed by atoms with Crippen LogP contribution in [0.5, 0.6) is 0 Å². The molecule has 0 bridgehead atoms. The second-order valence-corrected chi connectivity index (χ2v) is 9.62. The van der Waals surface area contributed by atoms with E-state index in [0.29, 0.717) is 41.6 Å². The first-order chi connectivity index (χ1) is 15.6. The molecule has 1 aromatic carbocycles. The third kappa shape index (κ3) is 3.01. The van der Waals surface area contributed by atoms with E-state index in [-0.39, 0.29) is 6.10 Å². The number of nitrogens with one attached hydrogen (secondary N) is 1. The SMILES string of the molecule is NC1(c2ncccc2-c2ccc(N3C[C@@H](Cc4cnn[nH]4)OC3=O)cc2F)C2CSCC21. The fraction of sp³-hybridized carbons (Fsp3) is 0.364. The summed E-state index contributed by atoms with van der Waals surface area (Å²) in [7, 11) is 0. The lowest BCUT2D eigenvalue weighted by atomic mass is 9.96. The summed E-state index contributed by atoms with van der Waals surface area (Å²) in [5.74, 6) is 2.40. The summed E-state index contributed by atoms with van der Waals surface area (Å²) in [5, 5.41) is 10.2. The number of hydrogen-bond acceptors (Lipinski definition) is 7. The number of fused-ring (bicyclic) bond motifs is 1. The normalized spacial score (nSPS) is 28.6. The number of pyridine rings is 1. The van der Waals surface area contributed by atoms with Gasteiger partial charge >= 0.3 is 6.09 Å². The zero-order valence-electron chi connectivity index (χ0n) is 17.1. The molecule has 6 rings (SSSR count). The van der Waals surface area contributed by atoms with E-state index in [1.807, 2.05) is 17.8 Å². The minimum absolute atomic E-state index is 0.321. The minimum Gasteiger partial charge on any atom is -0.444 e. The Bertz CT molecular complexity index is 1180. The molecule has 3 atom stereocenters. The molecule has 4 heterocycles. The van der Waals surface area contributed by atoms with E-state index in [9.17, 15) is 4.79 Å². The molecule has 10 heteroatoms. The van der Waals surface area contributed by atoms with Crippen molar-refractivity contribution >= 4 is 23.5 Å². The fourth-order valence-corrected chi connectivity index (χ4v) is 6.67. The van der Waals surface area contributed by atoms with Gasteiger partial charge in [0.15, 0.2) is 0 Å². The number of cyclic esters (lactones) is 1. The summed E-state index contributed by atoms with van der Waals surface area (Å²) in [5.41, 5.74) is 9.40. The second-order valence-electron chi connectivity index (χ2n) is 8.55. The molecule has 2 aliphatic heterocycles. The quantitative estimate of drug-likeness (QED) is 0.612. The molecule has 0 spiro atoms. The summed E-state index contributed by atoms with van der Waals surface area (Å²) in [6, 6.07) is 8.48. The Morgan fingerprint density at radius 2 is 2.12 bits per heavy atom. The standard InChI is InChI=1S/C22H21FN6O2S/c23-19-7-13(29-9-14(31-21(29)30)6-12-8-26-28-27-12)3-4-15(19)16-2-1-5-25-20(16)22(24)17-10-32-11-18(17)22/h1-5,7-8,14,17-18H,6,9-11,24H2,(H,26,27,28)/t14-,17?,18?,22?/m1/s1. The van der Waals surface area contributed by atoms with Crippen LogP contribution in [0.15, 0.2) is 42.7 Å². The lowest BCUT2D eigenvalue weighted by Crippen LogP contribution is -2.29. The van der Waals surface area contributed by atoms with Crippen molar-refractivity contribution in [3.05, 3.63) is 59.9 Å². The van der Waals surface area contributed by atoms with Gasteiger partial charge in [0.1, 0.15) is 11.9 Å². The molecule has 3 N–H and O–H groups in total. The summed E-state index contributed by atoms with van der Waals surface area (Å²) >= 11 is 1.91. The van der Waals surface area contributed by atoms with E-state index in [1.165, 1.54) is 11.0 Å². The number of thioether (sulfide) groups is 1. The molecule has 3 aromatic rings. The molecule has 3 fully saturated rings. The zero-order chi connectivity index (χ0) is 21.9. The number of halogens is 1. The van der Waals surface area contributed by atoms with Gasteiger partial charge in [0, 0.05) is 23.7 Å². The Labute approximate surface area is 187 Å². The van der Waals surface area contributed by atoms with Gasteiger partial charge in [-0.1, -0.05) is 11.3 Å². The van der Waals surface area contributed by atoms with Gasteiger partial charge < -0.3 is 10.5 Å². The summed E-state index contributed by atoms with van der Waals surface area (Å²) in [4.78, 5) is 18.4. The Morgan fingerprint density at radius 1 is 1.28 bits per heavy atom. The van der Waals surface area contributed by atoms with Gasteiger partial charge in [-0.05, 0) is 47.6 Å². The molecule has 1 saturated carbocycles. The van der Waals surface area contributed by atoms with E-state index >= 15 is 4.39 Å². The number of carbonyl (C=O) groups is 1. The number of benzene rings is 1. The van der Waals surface area contributed by atoms with Gasteiger partial charge in [-0.25, -0.2) is 9.18 Å². The third-order valence-electron chi connectivity index (χ3n) is 6.76. The van der Waals surface area contributed by atoms with Crippen LogP contribution in [0.1, 0.15) is 11.4 Å². The van der Waals surface area contributed by atoms with Gasteiger partial charge in [-0.3, -0.25) is 15.0 Å². The van der Waals surface area contributed by atoms with Crippen molar-refractivity contribution in [3.8, 4) is 11.1 Å². The van der Waals surface area contributed by atoms with Crippen molar-refractivity contribution in [1.29, 1.82) is 0 Å². The summed E-state index contributed by atoms with van der Waals surface area (Å²) in [6.07, 6.45) is 2.92. The maximum Gasteiger partial charge on any atom is 0.414 e. The highest BCUT2D eigenvalue weighted by Crippen LogP contribution is 2.63. The van der Waals surface area contributed by atoms with E-state index in [0.717, 1.165) is 22.9 Å². The van der Waals surface area contributed by atoms with Crippen molar-refractivity contribution in [2.24, 2.45) is 17.6 Å². The van der Waals surface area contributed by atoms with Crippen LogP contribution in [0.25, 0.3) is 11.1 Å². The second kappa shape index (κ2) is 7.28.